The first-order valence-electron chi connectivity index (χ1n) is 8.32. The molecule has 3 aromatic carbocycles. The van der Waals surface area contributed by atoms with Crippen LogP contribution in [0.2, 0.25) is 0 Å². The van der Waals surface area contributed by atoms with E-state index in [1.807, 2.05) is 0 Å². The molecule has 0 heterocycles. The summed E-state index contributed by atoms with van der Waals surface area (Å²) in [6.45, 7) is 0. The number of benzene rings is 3. The minimum absolute atomic E-state index is 0.00803. The molecule has 2 N–H and O–H groups in total. The summed E-state index contributed by atoms with van der Waals surface area (Å²) in [5, 5.41) is 2.29. The molecule has 150 valence electrons. The number of anilines is 2. The van der Waals surface area contributed by atoms with Crippen LogP contribution in [-0.4, -0.2) is 21.4 Å². The van der Waals surface area contributed by atoms with Crippen molar-refractivity contribution >= 4 is 27.3 Å². The van der Waals surface area contributed by atoms with E-state index < -0.39 is 27.6 Å². The summed E-state index contributed by atoms with van der Waals surface area (Å²) in [4.78, 5) is 12.2. The molecule has 0 unspecified atom stereocenters. The molecule has 9 heteroatoms. The Labute approximate surface area is 166 Å². The minimum atomic E-state index is -3.97. The van der Waals surface area contributed by atoms with E-state index in [2.05, 4.69) is 10.0 Å². The van der Waals surface area contributed by atoms with Gasteiger partial charge in [-0.2, -0.15) is 0 Å². The summed E-state index contributed by atoms with van der Waals surface area (Å²) in [5.74, 6) is -1.89. The van der Waals surface area contributed by atoms with Crippen molar-refractivity contribution < 1.29 is 26.7 Å². The highest BCUT2D eigenvalue weighted by atomic mass is 32.2. The van der Waals surface area contributed by atoms with Crippen LogP contribution < -0.4 is 14.8 Å². The molecule has 0 spiro atoms. The fraction of sp³-hybridized carbons (Fsp3) is 0.0500. The Hall–Kier alpha value is -3.46. The van der Waals surface area contributed by atoms with Gasteiger partial charge in [0.25, 0.3) is 15.9 Å². The van der Waals surface area contributed by atoms with Crippen molar-refractivity contribution in [1.29, 1.82) is 0 Å². The summed E-state index contributed by atoms with van der Waals surface area (Å²) in [7, 11) is -2.48. The van der Waals surface area contributed by atoms with Crippen LogP contribution in [0.3, 0.4) is 0 Å². The number of ether oxygens (including phenoxy) is 1. The van der Waals surface area contributed by atoms with Crippen LogP contribution in [0.25, 0.3) is 0 Å². The molecule has 0 fully saturated rings. The molecule has 0 aromatic heterocycles. The fourth-order valence-electron chi connectivity index (χ4n) is 2.46. The quantitative estimate of drug-likeness (QED) is 0.633. The second kappa shape index (κ2) is 8.27. The zero-order chi connectivity index (χ0) is 21.0. The molecule has 0 atom stereocenters. The zero-order valence-electron chi connectivity index (χ0n) is 15.1. The Morgan fingerprint density at radius 2 is 1.69 bits per heavy atom. The summed E-state index contributed by atoms with van der Waals surface area (Å²) in [5.41, 5.74) is 0.0846. The second-order valence-corrected chi connectivity index (χ2v) is 7.62. The van der Waals surface area contributed by atoms with Crippen molar-refractivity contribution in [1.82, 2.24) is 0 Å². The van der Waals surface area contributed by atoms with Crippen molar-refractivity contribution in [3.8, 4) is 5.75 Å². The maximum atomic E-state index is 13.7. The zero-order valence-corrected chi connectivity index (χ0v) is 16.0. The van der Waals surface area contributed by atoms with E-state index in [0.717, 1.165) is 18.2 Å². The van der Waals surface area contributed by atoms with Crippen LogP contribution in [0.1, 0.15) is 10.4 Å². The molecule has 1 amide bonds. The van der Waals surface area contributed by atoms with E-state index in [9.17, 15) is 22.0 Å². The number of nitrogens with one attached hydrogen (secondary N) is 2. The third kappa shape index (κ3) is 4.88. The number of hydrogen-bond acceptors (Lipinski definition) is 4. The Kier molecular flexibility index (Phi) is 5.79. The van der Waals surface area contributed by atoms with Gasteiger partial charge in [0.2, 0.25) is 0 Å². The van der Waals surface area contributed by atoms with Gasteiger partial charge < -0.3 is 10.1 Å². The molecule has 0 saturated carbocycles. The number of halogens is 2. The van der Waals surface area contributed by atoms with Gasteiger partial charge in [-0.25, -0.2) is 17.2 Å². The van der Waals surface area contributed by atoms with Crippen molar-refractivity contribution in [2.75, 3.05) is 17.1 Å². The lowest BCUT2D eigenvalue weighted by Gasteiger charge is -2.11. The average molecular weight is 418 g/mol. The predicted molar refractivity (Wildman–Crippen MR) is 105 cm³/mol. The third-order valence-electron chi connectivity index (χ3n) is 3.93. The lowest BCUT2D eigenvalue weighted by atomic mass is 10.2. The highest BCUT2D eigenvalue weighted by Gasteiger charge is 2.17. The van der Waals surface area contributed by atoms with Crippen LogP contribution in [0.15, 0.2) is 71.6 Å². The van der Waals surface area contributed by atoms with Gasteiger partial charge in [0, 0.05) is 17.3 Å². The second-order valence-electron chi connectivity index (χ2n) is 5.94. The third-order valence-corrected chi connectivity index (χ3v) is 5.31. The Morgan fingerprint density at radius 1 is 0.966 bits per heavy atom. The van der Waals surface area contributed by atoms with Crippen molar-refractivity contribution in [3.63, 3.8) is 0 Å². The molecule has 0 aliphatic heterocycles. The fourth-order valence-corrected chi connectivity index (χ4v) is 3.57. The highest BCUT2D eigenvalue weighted by molar-refractivity contribution is 7.92. The van der Waals surface area contributed by atoms with Gasteiger partial charge >= 0.3 is 0 Å². The van der Waals surface area contributed by atoms with Crippen molar-refractivity contribution in [2.24, 2.45) is 0 Å². The molecule has 0 aliphatic carbocycles. The number of rotatable bonds is 6. The van der Waals surface area contributed by atoms with Gasteiger partial charge in [-0.15, -0.1) is 0 Å². The van der Waals surface area contributed by atoms with Gasteiger partial charge in [-0.3, -0.25) is 9.52 Å². The summed E-state index contributed by atoms with van der Waals surface area (Å²) in [6.07, 6.45) is 0. The van der Waals surface area contributed by atoms with E-state index in [1.54, 1.807) is 12.1 Å². The number of hydrogen-bond donors (Lipinski definition) is 2. The lowest BCUT2D eigenvalue weighted by molar-refractivity contribution is 0.102. The molecule has 3 aromatic rings. The average Bonchev–Trinajstić information content (AvgIpc) is 2.70. The van der Waals surface area contributed by atoms with Crippen molar-refractivity contribution in [2.45, 2.75) is 4.90 Å². The van der Waals surface area contributed by atoms with E-state index in [-0.39, 0.29) is 16.1 Å². The van der Waals surface area contributed by atoms with Crippen LogP contribution in [0.4, 0.5) is 20.2 Å². The first-order chi connectivity index (χ1) is 13.8. The van der Waals surface area contributed by atoms with Gasteiger partial charge in [0.1, 0.15) is 17.4 Å². The topological polar surface area (TPSA) is 84.5 Å². The van der Waals surface area contributed by atoms with Gasteiger partial charge in [-0.1, -0.05) is 6.07 Å². The molecule has 0 radical (unpaired) electrons. The van der Waals surface area contributed by atoms with Crippen LogP contribution in [0, 0.1) is 11.6 Å². The Morgan fingerprint density at radius 3 is 2.34 bits per heavy atom. The minimum Gasteiger partial charge on any atom is -0.497 e. The first kappa shape index (κ1) is 20.3. The summed E-state index contributed by atoms with van der Waals surface area (Å²) >= 11 is 0. The van der Waals surface area contributed by atoms with E-state index >= 15 is 0 Å². The van der Waals surface area contributed by atoms with Crippen molar-refractivity contribution in [3.05, 3.63) is 83.9 Å². The first-order valence-corrected chi connectivity index (χ1v) is 9.80. The van der Waals surface area contributed by atoms with Crippen LogP contribution in [0.5, 0.6) is 5.75 Å². The summed E-state index contributed by atoms with van der Waals surface area (Å²) in [6, 6.07) is 14.2. The summed E-state index contributed by atoms with van der Waals surface area (Å²) < 4.78 is 59.3. The Balaban J connectivity index is 1.80. The molecular weight excluding hydrogens is 402 g/mol. The molecule has 3 rings (SSSR count). The standard InChI is InChI=1S/C20H16F2N2O4S/c1-28-16-8-6-15(7-9-16)24-29(26,27)17-4-2-3-13(11-17)20(25)23-19-10-5-14(21)12-18(19)22/h2-12,24H,1H3,(H,23,25). The molecule has 29 heavy (non-hydrogen) atoms. The van der Waals surface area contributed by atoms with Crippen LogP contribution >= 0.6 is 0 Å². The smallest absolute Gasteiger partial charge is 0.261 e. The monoisotopic (exact) mass is 418 g/mol. The number of carbonyl (C=O) groups is 1. The van der Waals surface area contributed by atoms with E-state index in [1.165, 1.54) is 37.4 Å². The highest BCUT2D eigenvalue weighted by Crippen LogP contribution is 2.21. The largest absolute Gasteiger partial charge is 0.497 e. The number of carbonyl (C=O) groups excluding carboxylic acids is 1. The SMILES string of the molecule is COc1ccc(NS(=O)(=O)c2cccc(C(=O)Nc3ccc(F)cc3F)c2)cc1. The van der Waals surface area contributed by atoms with E-state index in [4.69, 9.17) is 4.74 Å². The van der Waals surface area contributed by atoms with Gasteiger partial charge in [0.05, 0.1) is 17.7 Å². The maximum absolute atomic E-state index is 13.7. The molecular formula is C20H16F2N2O4S. The predicted octanol–water partition coefficient (Wildman–Crippen LogP) is 4.03. The number of methoxy groups -OCH3 is 1. The molecule has 6 nitrogen and oxygen atoms in total. The maximum Gasteiger partial charge on any atom is 0.261 e. The van der Waals surface area contributed by atoms with Gasteiger partial charge in [-0.05, 0) is 54.6 Å². The molecule has 0 bridgehead atoms. The molecule has 0 saturated heterocycles. The van der Waals surface area contributed by atoms with E-state index in [0.29, 0.717) is 17.5 Å². The normalized spacial score (nSPS) is 11.0. The van der Waals surface area contributed by atoms with Gasteiger partial charge in [0.15, 0.2) is 0 Å². The Bertz CT molecular complexity index is 1150. The number of sulfonamides is 1. The molecule has 0 aliphatic rings. The number of amides is 1. The van der Waals surface area contributed by atoms with Crippen LogP contribution in [-0.2, 0) is 10.0 Å². The lowest BCUT2D eigenvalue weighted by Crippen LogP contribution is -2.16.